The number of methoxy groups -OCH3 is 2. The molecule has 0 atom stereocenters. The monoisotopic (exact) mass is 427 g/mol. The van der Waals surface area contributed by atoms with E-state index in [9.17, 15) is 9.59 Å². The van der Waals surface area contributed by atoms with Crippen molar-refractivity contribution >= 4 is 34.9 Å². The molecule has 0 bridgehead atoms. The first-order valence-corrected chi connectivity index (χ1v) is 9.39. The number of imidazole rings is 1. The Balaban J connectivity index is 1.78. The smallest absolute Gasteiger partial charge is 0.355 e. The molecule has 3 aromatic rings. The molecule has 0 N–H and O–H groups in total. The lowest BCUT2D eigenvalue weighted by molar-refractivity contribution is -0.140. The van der Waals surface area contributed by atoms with Crippen LogP contribution >= 0.6 is 11.6 Å². The predicted octanol–water partition coefficient (Wildman–Crippen LogP) is 3.05. The van der Waals surface area contributed by atoms with Gasteiger partial charge in [-0.3, -0.25) is 0 Å². The highest BCUT2D eigenvalue weighted by atomic mass is 35.5. The van der Waals surface area contributed by atoms with Gasteiger partial charge in [0.25, 0.3) is 0 Å². The van der Waals surface area contributed by atoms with Crippen LogP contribution in [0.2, 0.25) is 5.02 Å². The normalized spacial score (nSPS) is 14.2. The maximum atomic E-state index is 12.5. The van der Waals surface area contributed by atoms with E-state index in [2.05, 4.69) is 4.98 Å². The Bertz CT molecular complexity index is 1170. The summed E-state index contributed by atoms with van der Waals surface area (Å²) >= 11 is 6.06. The van der Waals surface area contributed by atoms with E-state index >= 15 is 0 Å². The average Bonchev–Trinajstić information content (AvgIpc) is 3.20. The molecule has 154 valence electrons. The third kappa shape index (κ3) is 3.62. The fourth-order valence-electron chi connectivity index (χ4n) is 3.28. The maximum absolute atomic E-state index is 12.5. The standard InChI is InChI=1S/C21H18ClN3O5/c1-28-20(26)16-11-30-12-25(19(16)21(27)29-2)15-5-3-4-13(8-15)17-10-24-9-14(22)6-7-18(24)23-17/h3-10H,11-12H2,1-2H3. The number of rotatable bonds is 4. The third-order valence-electron chi connectivity index (χ3n) is 4.70. The number of halogens is 1. The molecule has 4 rings (SSSR count). The van der Waals surface area contributed by atoms with Crippen LogP contribution in [0.5, 0.6) is 0 Å². The molecule has 1 aliphatic rings. The van der Waals surface area contributed by atoms with Crippen molar-refractivity contribution in [3.63, 3.8) is 0 Å². The minimum absolute atomic E-state index is 0.0412. The fourth-order valence-corrected chi connectivity index (χ4v) is 3.45. The van der Waals surface area contributed by atoms with Gasteiger partial charge in [0.05, 0.1) is 37.1 Å². The van der Waals surface area contributed by atoms with E-state index in [1.165, 1.54) is 14.2 Å². The van der Waals surface area contributed by atoms with Crippen molar-refractivity contribution in [2.45, 2.75) is 0 Å². The summed E-state index contributed by atoms with van der Waals surface area (Å²) in [5, 5.41) is 0.605. The molecule has 30 heavy (non-hydrogen) atoms. The Morgan fingerprint density at radius 3 is 2.67 bits per heavy atom. The summed E-state index contributed by atoms with van der Waals surface area (Å²) in [6.07, 6.45) is 3.64. The third-order valence-corrected chi connectivity index (χ3v) is 4.93. The van der Waals surface area contributed by atoms with Gasteiger partial charge in [0.2, 0.25) is 0 Å². The Morgan fingerprint density at radius 1 is 1.10 bits per heavy atom. The van der Waals surface area contributed by atoms with Gasteiger partial charge in [-0.15, -0.1) is 0 Å². The molecule has 0 saturated heterocycles. The lowest BCUT2D eigenvalue weighted by atomic mass is 10.1. The van der Waals surface area contributed by atoms with Crippen molar-refractivity contribution in [1.29, 1.82) is 0 Å². The van der Waals surface area contributed by atoms with Crippen molar-refractivity contribution in [1.82, 2.24) is 9.38 Å². The van der Waals surface area contributed by atoms with Gasteiger partial charge in [0.1, 0.15) is 18.1 Å². The Labute approximate surface area is 177 Å². The van der Waals surface area contributed by atoms with Crippen LogP contribution in [0.3, 0.4) is 0 Å². The van der Waals surface area contributed by atoms with E-state index in [4.69, 9.17) is 25.8 Å². The lowest BCUT2D eigenvalue weighted by Gasteiger charge is -2.31. The Kier molecular flexibility index (Phi) is 5.43. The molecule has 0 fully saturated rings. The van der Waals surface area contributed by atoms with Crippen molar-refractivity contribution in [3.8, 4) is 11.3 Å². The van der Waals surface area contributed by atoms with Crippen molar-refractivity contribution < 1.29 is 23.8 Å². The fraction of sp³-hybridized carbons (Fsp3) is 0.190. The lowest BCUT2D eigenvalue weighted by Crippen LogP contribution is -2.38. The molecule has 0 amide bonds. The number of carbonyl (C=O) groups excluding carboxylic acids is 2. The molecule has 1 aromatic carbocycles. The number of nitrogens with zero attached hydrogens (tertiary/aromatic N) is 3. The zero-order valence-electron chi connectivity index (χ0n) is 16.3. The zero-order valence-corrected chi connectivity index (χ0v) is 17.0. The summed E-state index contributed by atoms with van der Waals surface area (Å²) in [5.41, 5.74) is 3.14. The van der Waals surface area contributed by atoms with Gasteiger partial charge in [-0.1, -0.05) is 23.7 Å². The molecular weight excluding hydrogens is 410 g/mol. The molecule has 0 saturated carbocycles. The molecular formula is C21H18ClN3O5. The number of fused-ring (bicyclic) bond motifs is 1. The second-order valence-electron chi connectivity index (χ2n) is 6.51. The molecule has 8 nitrogen and oxygen atoms in total. The van der Waals surface area contributed by atoms with Crippen LogP contribution < -0.4 is 4.90 Å². The quantitative estimate of drug-likeness (QED) is 0.592. The van der Waals surface area contributed by atoms with Crippen LogP contribution in [0.1, 0.15) is 0 Å². The first kappa shape index (κ1) is 19.9. The summed E-state index contributed by atoms with van der Waals surface area (Å²) in [4.78, 5) is 30.8. The molecule has 2 aromatic heterocycles. The SMILES string of the molecule is COC(=O)C1=C(C(=O)OC)N(c2cccc(-c3cn4cc(Cl)ccc4n3)c2)COC1. The van der Waals surface area contributed by atoms with Gasteiger partial charge >= 0.3 is 11.9 Å². The number of aromatic nitrogens is 2. The number of ether oxygens (including phenoxy) is 3. The highest BCUT2D eigenvalue weighted by Crippen LogP contribution is 2.30. The highest BCUT2D eigenvalue weighted by Gasteiger charge is 2.32. The number of benzene rings is 1. The van der Waals surface area contributed by atoms with Crippen molar-refractivity contribution in [3.05, 3.63) is 65.1 Å². The largest absolute Gasteiger partial charge is 0.466 e. The maximum Gasteiger partial charge on any atom is 0.355 e. The van der Waals surface area contributed by atoms with Crippen LogP contribution in [0.4, 0.5) is 5.69 Å². The number of hydrogen-bond acceptors (Lipinski definition) is 7. The van der Waals surface area contributed by atoms with Gasteiger partial charge in [-0.2, -0.15) is 0 Å². The van der Waals surface area contributed by atoms with Crippen molar-refractivity contribution in [2.75, 3.05) is 32.5 Å². The van der Waals surface area contributed by atoms with E-state index in [0.717, 1.165) is 16.9 Å². The Morgan fingerprint density at radius 2 is 1.90 bits per heavy atom. The first-order valence-electron chi connectivity index (χ1n) is 9.01. The summed E-state index contributed by atoms with van der Waals surface area (Å²) in [6, 6.07) is 11.0. The number of esters is 2. The van der Waals surface area contributed by atoms with Crippen LogP contribution in [-0.4, -0.2) is 48.9 Å². The topological polar surface area (TPSA) is 82.4 Å². The number of carbonyl (C=O) groups is 2. The molecule has 0 unspecified atom stereocenters. The summed E-state index contributed by atoms with van der Waals surface area (Å²) in [7, 11) is 2.51. The number of pyridine rings is 1. The summed E-state index contributed by atoms with van der Waals surface area (Å²) in [5.74, 6) is -1.29. The van der Waals surface area contributed by atoms with Gasteiger partial charge in [-0.05, 0) is 24.3 Å². The molecule has 9 heteroatoms. The molecule has 0 aliphatic carbocycles. The van der Waals surface area contributed by atoms with Crippen LogP contribution in [0.25, 0.3) is 16.9 Å². The minimum Gasteiger partial charge on any atom is -0.466 e. The van der Waals surface area contributed by atoms with Gasteiger partial charge in [0.15, 0.2) is 0 Å². The van der Waals surface area contributed by atoms with Crippen LogP contribution in [0, 0.1) is 0 Å². The number of anilines is 1. The van der Waals surface area contributed by atoms with E-state index in [-0.39, 0.29) is 24.6 Å². The first-order chi connectivity index (χ1) is 14.5. The van der Waals surface area contributed by atoms with Gasteiger partial charge < -0.3 is 23.5 Å². The van der Waals surface area contributed by atoms with Gasteiger partial charge in [0, 0.05) is 23.6 Å². The zero-order chi connectivity index (χ0) is 21.3. The average molecular weight is 428 g/mol. The van der Waals surface area contributed by atoms with E-state index < -0.39 is 11.9 Å². The summed E-state index contributed by atoms with van der Waals surface area (Å²) < 4.78 is 17.1. The van der Waals surface area contributed by atoms with E-state index in [0.29, 0.717) is 10.7 Å². The second-order valence-corrected chi connectivity index (χ2v) is 6.94. The molecule has 3 heterocycles. The van der Waals surface area contributed by atoms with Crippen LogP contribution in [-0.2, 0) is 23.8 Å². The minimum atomic E-state index is -0.647. The number of hydrogen-bond donors (Lipinski definition) is 0. The summed E-state index contributed by atoms with van der Waals surface area (Å²) in [6.45, 7) is 0.0373. The van der Waals surface area contributed by atoms with E-state index in [1.807, 2.05) is 40.9 Å². The highest BCUT2D eigenvalue weighted by molar-refractivity contribution is 6.30. The Hall–Kier alpha value is -3.36. The molecule has 0 radical (unpaired) electrons. The molecule has 0 spiro atoms. The predicted molar refractivity (Wildman–Crippen MR) is 110 cm³/mol. The van der Waals surface area contributed by atoms with E-state index in [1.54, 1.807) is 17.2 Å². The van der Waals surface area contributed by atoms with Crippen LogP contribution in [0.15, 0.2) is 60.1 Å². The second kappa shape index (κ2) is 8.17. The van der Waals surface area contributed by atoms with Gasteiger partial charge in [-0.25, -0.2) is 14.6 Å². The molecule has 1 aliphatic heterocycles. The van der Waals surface area contributed by atoms with Crippen molar-refractivity contribution in [2.24, 2.45) is 0 Å².